The average Bonchev–Trinajstić information content (AvgIpc) is 2.40. The van der Waals surface area contributed by atoms with Gasteiger partial charge in [-0.2, -0.15) is 0 Å². The summed E-state index contributed by atoms with van der Waals surface area (Å²) in [4.78, 5) is 6.80. The lowest BCUT2D eigenvalue weighted by molar-refractivity contribution is 0.0340. The van der Waals surface area contributed by atoms with Crippen molar-refractivity contribution in [3.63, 3.8) is 0 Å². The van der Waals surface area contributed by atoms with E-state index in [0.29, 0.717) is 11.1 Å². The fourth-order valence-electron chi connectivity index (χ4n) is 2.34. The third-order valence-electron chi connectivity index (χ3n) is 3.63. The van der Waals surface area contributed by atoms with E-state index in [4.69, 9.17) is 16.3 Å². The summed E-state index contributed by atoms with van der Waals surface area (Å²) in [6, 6.07) is 2.42. The molecule has 2 atom stereocenters. The zero-order valence-corrected chi connectivity index (χ0v) is 14.4. The van der Waals surface area contributed by atoms with Gasteiger partial charge < -0.3 is 15.0 Å². The molecule has 0 aromatic carbocycles. The number of morpholine rings is 1. The van der Waals surface area contributed by atoms with Crippen molar-refractivity contribution in [2.75, 3.05) is 18.1 Å². The molecule has 1 aliphatic rings. The first-order valence-electron chi connectivity index (χ1n) is 7.54. The number of nitrogens with zero attached hydrogens (tertiary/aromatic N) is 2. The van der Waals surface area contributed by atoms with Crippen LogP contribution in [-0.4, -0.2) is 35.8 Å². The van der Waals surface area contributed by atoms with Crippen LogP contribution in [0.2, 0.25) is 5.02 Å². The van der Waals surface area contributed by atoms with Gasteiger partial charge in [0.2, 0.25) is 0 Å². The minimum Gasteiger partial charge on any atom is -0.375 e. The predicted molar refractivity (Wildman–Crippen MR) is 88.1 cm³/mol. The van der Waals surface area contributed by atoms with E-state index in [2.05, 4.69) is 55.9 Å². The van der Waals surface area contributed by atoms with Crippen LogP contribution in [0.3, 0.4) is 0 Å². The molecule has 4 nitrogen and oxygen atoms in total. The molecule has 0 radical (unpaired) electrons. The molecule has 2 unspecified atom stereocenters. The summed E-state index contributed by atoms with van der Waals surface area (Å²) in [5, 5.41) is 4.19. The fraction of sp³-hybridized carbons (Fsp3) is 0.688. The molecule has 1 aliphatic heterocycles. The van der Waals surface area contributed by atoms with Crippen molar-refractivity contribution in [1.29, 1.82) is 0 Å². The van der Waals surface area contributed by atoms with E-state index in [-0.39, 0.29) is 11.6 Å². The van der Waals surface area contributed by atoms with Crippen molar-refractivity contribution in [2.24, 2.45) is 0 Å². The molecule has 0 amide bonds. The summed E-state index contributed by atoms with van der Waals surface area (Å²) in [6.45, 7) is 13.0. The smallest absolute Gasteiger partial charge is 0.129 e. The Hall–Kier alpha value is -0.840. The Labute approximate surface area is 132 Å². The van der Waals surface area contributed by atoms with Crippen LogP contribution in [-0.2, 0) is 11.3 Å². The van der Waals surface area contributed by atoms with Gasteiger partial charge in [0.05, 0.1) is 23.8 Å². The van der Waals surface area contributed by atoms with E-state index < -0.39 is 0 Å². The Morgan fingerprint density at radius 3 is 2.81 bits per heavy atom. The molecule has 1 aromatic heterocycles. The van der Waals surface area contributed by atoms with Gasteiger partial charge in [-0.05, 0) is 46.2 Å². The van der Waals surface area contributed by atoms with Gasteiger partial charge in [-0.1, -0.05) is 11.6 Å². The third-order valence-corrected chi connectivity index (χ3v) is 3.97. The number of anilines is 1. The van der Waals surface area contributed by atoms with Gasteiger partial charge in [0.1, 0.15) is 5.82 Å². The standard InChI is InChI=1S/C16H26ClN3O/c1-11-10-21-12(2)9-20(11)15-6-13(14(17)8-18-15)7-19-16(3,4)5/h6,8,11-12,19H,7,9-10H2,1-5H3. The Balaban J connectivity index is 2.17. The van der Waals surface area contributed by atoms with Crippen LogP contribution in [0.5, 0.6) is 0 Å². The van der Waals surface area contributed by atoms with Crippen LogP contribution >= 0.6 is 11.6 Å². The Morgan fingerprint density at radius 2 is 2.14 bits per heavy atom. The van der Waals surface area contributed by atoms with E-state index in [1.54, 1.807) is 6.20 Å². The highest BCUT2D eigenvalue weighted by molar-refractivity contribution is 6.31. The number of rotatable bonds is 3. The second-order valence-electron chi connectivity index (χ2n) is 6.88. The molecule has 1 N–H and O–H groups in total. The van der Waals surface area contributed by atoms with E-state index in [9.17, 15) is 0 Å². The molecule has 1 aromatic rings. The summed E-state index contributed by atoms with van der Waals surface area (Å²) < 4.78 is 5.68. The maximum absolute atomic E-state index is 6.28. The fourth-order valence-corrected chi connectivity index (χ4v) is 2.51. The van der Waals surface area contributed by atoms with Crippen LogP contribution in [0, 0.1) is 0 Å². The second-order valence-corrected chi connectivity index (χ2v) is 7.29. The normalized spacial score (nSPS) is 23.4. The lowest BCUT2D eigenvalue weighted by Crippen LogP contribution is -2.47. The van der Waals surface area contributed by atoms with Crippen LogP contribution in [0.1, 0.15) is 40.2 Å². The first kappa shape index (κ1) is 16.5. The second kappa shape index (κ2) is 6.51. The van der Waals surface area contributed by atoms with Gasteiger partial charge in [0.15, 0.2) is 0 Å². The van der Waals surface area contributed by atoms with Gasteiger partial charge >= 0.3 is 0 Å². The predicted octanol–water partition coefficient (Wildman–Crippen LogP) is 3.24. The quantitative estimate of drug-likeness (QED) is 0.930. The first-order valence-corrected chi connectivity index (χ1v) is 7.92. The Bertz CT molecular complexity index is 487. The van der Waals surface area contributed by atoms with Crippen LogP contribution in [0.15, 0.2) is 12.3 Å². The van der Waals surface area contributed by atoms with Crippen molar-refractivity contribution < 1.29 is 4.74 Å². The van der Waals surface area contributed by atoms with Crippen molar-refractivity contribution in [1.82, 2.24) is 10.3 Å². The molecular weight excluding hydrogens is 286 g/mol. The number of nitrogens with one attached hydrogen (secondary N) is 1. The summed E-state index contributed by atoms with van der Waals surface area (Å²) in [5.74, 6) is 0.979. The molecule has 2 rings (SSSR count). The van der Waals surface area contributed by atoms with Gasteiger partial charge in [-0.25, -0.2) is 4.98 Å². The molecule has 118 valence electrons. The highest BCUT2D eigenvalue weighted by Gasteiger charge is 2.25. The molecule has 0 spiro atoms. The van der Waals surface area contributed by atoms with Gasteiger partial charge in [-0.3, -0.25) is 0 Å². The Morgan fingerprint density at radius 1 is 1.43 bits per heavy atom. The van der Waals surface area contributed by atoms with Crippen molar-refractivity contribution in [3.05, 3.63) is 22.8 Å². The Kier molecular flexibility index (Phi) is 5.12. The molecule has 1 saturated heterocycles. The number of pyridine rings is 1. The van der Waals surface area contributed by atoms with Crippen molar-refractivity contribution >= 4 is 17.4 Å². The monoisotopic (exact) mass is 311 g/mol. The van der Waals surface area contributed by atoms with Crippen molar-refractivity contribution in [3.8, 4) is 0 Å². The van der Waals surface area contributed by atoms with Crippen molar-refractivity contribution in [2.45, 2.75) is 58.8 Å². The summed E-state index contributed by atoms with van der Waals surface area (Å²) in [6.07, 6.45) is 1.98. The van der Waals surface area contributed by atoms with E-state index in [0.717, 1.165) is 31.1 Å². The highest BCUT2D eigenvalue weighted by Crippen LogP contribution is 2.24. The van der Waals surface area contributed by atoms with Crippen LogP contribution < -0.4 is 10.2 Å². The van der Waals surface area contributed by atoms with Crippen LogP contribution in [0.4, 0.5) is 5.82 Å². The molecular formula is C16H26ClN3O. The van der Waals surface area contributed by atoms with Gasteiger partial charge in [0, 0.05) is 24.8 Å². The molecule has 0 bridgehead atoms. The third kappa shape index (κ3) is 4.56. The van der Waals surface area contributed by atoms with Gasteiger partial charge in [-0.15, -0.1) is 0 Å². The van der Waals surface area contributed by atoms with Crippen LogP contribution in [0.25, 0.3) is 0 Å². The van der Waals surface area contributed by atoms with E-state index in [1.807, 2.05) is 0 Å². The zero-order valence-electron chi connectivity index (χ0n) is 13.6. The number of hydrogen-bond donors (Lipinski definition) is 1. The lowest BCUT2D eigenvalue weighted by atomic mass is 10.1. The summed E-state index contributed by atoms with van der Waals surface area (Å²) in [7, 11) is 0. The van der Waals surface area contributed by atoms with E-state index >= 15 is 0 Å². The van der Waals surface area contributed by atoms with E-state index in [1.165, 1.54) is 0 Å². The summed E-state index contributed by atoms with van der Waals surface area (Å²) >= 11 is 6.28. The molecule has 2 heterocycles. The molecule has 0 aliphatic carbocycles. The molecule has 5 heteroatoms. The average molecular weight is 312 g/mol. The SMILES string of the molecule is CC1CN(c2cc(CNC(C)(C)C)c(Cl)cn2)C(C)CO1. The highest BCUT2D eigenvalue weighted by atomic mass is 35.5. The topological polar surface area (TPSA) is 37.4 Å². The number of halogens is 1. The molecule has 0 saturated carbocycles. The minimum atomic E-state index is 0.0630. The number of hydrogen-bond acceptors (Lipinski definition) is 4. The molecule has 21 heavy (non-hydrogen) atoms. The maximum Gasteiger partial charge on any atom is 0.129 e. The number of ether oxygens (including phenoxy) is 1. The largest absolute Gasteiger partial charge is 0.375 e. The lowest BCUT2D eigenvalue weighted by Gasteiger charge is -2.37. The minimum absolute atomic E-state index is 0.0630. The summed E-state index contributed by atoms with van der Waals surface area (Å²) in [5.41, 5.74) is 1.15. The first-order chi connectivity index (χ1) is 9.76. The number of aromatic nitrogens is 1. The van der Waals surface area contributed by atoms with Gasteiger partial charge in [0.25, 0.3) is 0 Å². The maximum atomic E-state index is 6.28. The zero-order chi connectivity index (χ0) is 15.6. The molecule has 1 fully saturated rings.